The molecule has 0 fully saturated rings. The molecule has 0 bridgehead atoms. The number of nitrogens with zero attached hydrogens (tertiary/aromatic N) is 4. The zero-order valence-electron chi connectivity index (χ0n) is 12.0. The van der Waals surface area contributed by atoms with Gasteiger partial charge in [0, 0.05) is 29.4 Å². The summed E-state index contributed by atoms with van der Waals surface area (Å²) in [6.07, 6.45) is 5.59. The molecule has 0 atom stereocenters. The van der Waals surface area contributed by atoms with Crippen molar-refractivity contribution in [2.24, 2.45) is 0 Å². The summed E-state index contributed by atoms with van der Waals surface area (Å²) in [4.78, 5) is 4.36. The summed E-state index contributed by atoms with van der Waals surface area (Å²) < 4.78 is 7.19. The number of aryl methyl sites for hydroxylation is 1. The van der Waals surface area contributed by atoms with Crippen LogP contribution in [0, 0.1) is 6.92 Å². The normalized spacial score (nSPS) is 11.3. The fraction of sp³-hybridized carbons (Fsp3) is 0.188. The molecule has 0 radical (unpaired) electrons. The predicted molar refractivity (Wildman–Crippen MR) is 81.3 cm³/mol. The summed E-state index contributed by atoms with van der Waals surface area (Å²) >= 11 is 0. The first kappa shape index (κ1) is 13.3. The van der Waals surface area contributed by atoms with Crippen molar-refractivity contribution < 1.29 is 4.52 Å². The van der Waals surface area contributed by atoms with E-state index >= 15 is 0 Å². The number of aromatic nitrogens is 4. The van der Waals surface area contributed by atoms with Gasteiger partial charge in [-0.1, -0.05) is 35.5 Å². The molecule has 0 amide bonds. The van der Waals surface area contributed by atoms with Crippen molar-refractivity contribution in [3.05, 3.63) is 53.7 Å². The van der Waals surface area contributed by atoms with Crippen LogP contribution in [0.25, 0.3) is 23.5 Å². The quantitative estimate of drug-likeness (QED) is 0.734. The minimum absolute atomic E-state index is 0.484. The van der Waals surface area contributed by atoms with Crippen molar-refractivity contribution in [2.45, 2.75) is 20.4 Å². The third kappa shape index (κ3) is 2.76. The molecule has 21 heavy (non-hydrogen) atoms. The molecule has 5 heteroatoms. The van der Waals surface area contributed by atoms with Gasteiger partial charge in [0.05, 0.1) is 6.20 Å². The number of rotatable bonds is 4. The molecule has 0 saturated carbocycles. The Labute approximate surface area is 122 Å². The molecule has 1 aromatic carbocycles. The maximum atomic E-state index is 5.24. The number of hydrogen-bond donors (Lipinski definition) is 0. The van der Waals surface area contributed by atoms with E-state index < -0.39 is 0 Å². The zero-order valence-corrected chi connectivity index (χ0v) is 12.0. The van der Waals surface area contributed by atoms with Crippen LogP contribution in [0.1, 0.15) is 24.1 Å². The Morgan fingerprint density at radius 3 is 2.71 bits per heavy atom. The minimum Gasteiger partial charge on any atom is -0.334 e. The fourth-order valence-corrected chi connectivity index (χ4v) is 2.11. The molecule has 3 aromatic rings. The lowest BCUT2D eigenvalue weighted by atomic mass is 10.2. The molecule has 0 unspecified atom stereocenters. The minimum atomic E-state index is 0.484. The summed E-state index contributed by atoms with van der Waals surface area (Å²) in [5, 5.41) is 8.28. The second-order valence-electron chi connectivity index (χ2n) is 4.66. The van der Waals surface area contributed by atoms with E-state index in [0.717, 1.165) is 23.4 Å². The molecule has 0 N–H and O–H groups in total. The van der Waals surface area contributed by atoms with Crippen LogP contribution in [-0.4, -0.2) is 19.9 Å². The first-order valence-electron chi connectivity index (χ1n) is 6.87. The predicted octanol–water partition coefficient (Wildman–Crippen LogP) is 3.43. The monoisotopic (exact) mass is 280 g/mol. The van der Waals surface area contributed by atoms with E-state index in [2.05, 4.69) is 22.2 Å². The van der Waals surface area contributed by atoms with Gasteiger partial charge in [0.25, 0.3) is 5.89 Å². The summed E-state index contributed by atoms with van der Waals surface area (Å²) in [6.45, 7) is 4.97. The lowest BCUT2D eigenvalue weighted by molar-refractivity contribution is 0.411. The van der Waals surface area contributed by atoms with Crippen molar-refractivity contribution in [1.29, 1.82) is 0 Å². The average Bonchev–Trinajstić information content (AvgIpc) is 3.13. The van der Waals surface area contributed by atoms with E-state index in [-0.39, 0.29) is 0 Å². The van der Waals surface area contributed by atoms with E-state index in [1.165, 1.54) is 0 Å². The first-order chi connectivity index (χ1) is 10.3. The van der Waals surface area contributed by atoms with Crippen LogP contribution in [0.15, 0.2) is 41.1 Å². The number of hydrogen-bond acceptors (Lipinski definition) is 4. The van der Waals surface area contributed by atoms with Crippen LogP contribution in [0.4, 0.5) is 0 Å². The van der Waals surface area contributed by atoms with Crippen LogP contribution < -0.4 is 0 Å². The second-order valence-corrected chi connectivity index (χ2v) is 4.66. The highest BCUT2D eigenvalue weighted by Crippen LogP contribution is 2.16. The largest absolute Gasteiger partial charge is 0.334 e. The Kier molecular flexibility index (Phi) is 3.64. The van der Waals surface area contributed by atoms with Gasteiger partial charge in [-0.3, -0.25) is 4.68 Å². The molecule has 0 spiro atoms. The average molecular weight is 280 g/mol. The topological polar surface area (TPSA) is 56.7 Å². The Morgan fingerprint density at radius 1 is 1.19 bits per heavy atom. The summed E-state index contributed by atoms with van der Waals surface area (Å²) in [6, 6.07) is 9.76. The van der Waals surface area contributed by atoms with Crippen molar-refractivity contribution in [1.82, 2.24) is 19.9 Å². The first-order valence-corrected chi connectivity index (χ1v) is 6.87. The summed E-state index contributed by atoms with van der Waals surface area (Å²) in [7, 11) is 0. The molecule has 106 valence electrons. The van der Waals surface area contributed by atoms with Gasteiger partial charge in [-0.25, -0.2) is 0 Å². The van der Waals surface area contributed by atoms with E-state index in [1.807, 2.05) is 60.3 Å². The highest BCUT2D eigenvalue weighted by atomic mass is 16.5. The van der Waals surface area contributed by atoms with Crippen LogP contribution in [0.5, 0.6) is 0 Å². The highest BCUT2D eigenvalue weighted by molar-refractivity contribution is 5.67. The molecule has 0 aliphatic heterocycles. The summed E-state index contributed by atoms with van der Waals surface area (Å²) in [5.74, 6) is 1.08. The molecule has 2 aromatic heterocycles. The van der Waals surface area contributed by atoms with Crippen molar-refractivity contribution >= 4 is 12.2 Å². The standard InChI is InChI=1S/C16H16N4O/c1-3-20-12(2)14(11-17-20)9-10-15-18-16(19-21-15)13-7-5-4-6-8-13/h4-11H,3H2,1-2H3/b10-9+. The molecule has 5 nitrogen and oxygen atoms in total. The van der Waals surface area contributed by atoms with Crippen LogP contribution in [0.3, 0.4) is 0 Å². The lowest BCUT2D eigenvalue weighted by Crippen LogP contribution is -1.98. The Balaban J connectivity index is 1.81. The van der Waals surface area contributed by atoms with Gasteiger partial charge in [-0.05, 0) is 19.9 Å². The Morgan fingerprint density at radius 2 is 2.00 bits per heavy atom. The maximum Gasteiger partial charge on any atom is 0.250 e. The van der Waals surface area contributed by atoms with Gasteiger partial charge in [0.1, 0.15) is 0 Å². The number of benzene rings is 1. The van der Waals surface area contributed by atoms with Crippen molar-refractivity contribution in [3.8, 4) is 11.4 Å². The SMILES string of the molecule is CCn1ncc(/C=C/c2nc(-c3ccccc3)no2)c1C. The highest BCUT2D eigenvalue weighted by Gasteiger charge is 2.06. The van der Waals surface area contributed by atoms with Gasteiger partial charge in [0.2, 0.25) is 5.82 Å². The van der Waals surface area contributed by atoms with Crippen molar-refractivity contribution in [3.63, 3.8) is 0 Å². The molecule has 3 rings (SSSR count). The van der Waals surface area contributed by atoms with Crippen LogP contribution in [0.2, 0.25) is 0 Å². The van der Waals surface area contributed by atoms with Gasteiger partial charge in [-0.2, -0.15) is 10.1 Å². The van der Waals surface area contributed by atoms with Crippen LogP contribution >= 0.6 is 0 Å². The molecular formula is C16H16N4O. The van der Waals surface area contributed by atoms with Gasteiger partial charge in [-0.15, -0.1) is 0 Å². The van der Waals surface area contributed by atoms with E-state index in [0.29, 0.717) is 11.7 Å². The van der Waals surface area contributed by atoms with Crippen LogP contribution in [-0.2, 0) is 6.54 Å². The third-order valence-electron chi connectivity index (χ3n) is 3.32. The lowest BCUT2D eigenvalue weighted by Gasteiger charge is -1.97. The third-order valence-corrected chi connectivity index (χ3v) is 3.32. The van der Waals surface area contributed by atoms with Crippen molar-refractivity contribution in [2.75, 3.05) is 0 Å². The molecular weight excluding hydrogens is 264 g/mol. The molecule has 0 saturated heterocycles. The molecule has 2 heterocycles. The Bertz CT molecular complexity index is 756. The zero-order chi connectivity index (χ0) is 14.7. The van der Waals surface area contributed by atoms with E-state index in [4.69, 9.17) is 4.52 Å². The van der Waals surface area contributed by atoms with Gasteiger partial charge < -0.3 is 4.52 Å². The Hall–Kier alpha value is -2.69. The summed E-state index contributed by atoms with van der Waals surface area (Å²) in [5.41, 5.74) is 3.11. The van der Waals surface area contributed by atoms with E-state index in [9.17, 15) is 0 Å². The van der Waals surface area contributed by atoms with Gasteiger partial charge >= 0.3 is 0 Å². The second kappa shape index (κ2) is 5.75. The van der Waals surface area contributed by atoms with E-state index in [1.54, 1.807) is 0 Å². The smallest absolute Gasteiger partial charge is 0.250 e. The fourth-order valence-electron chi connectivity index (χ4n) is 2.11. The maximum absolute atomic E-state index is 5.24. The van der Waals surface area contributed by atoms with Gasteiger partial charge in [0.15, 0.2) is 0 Å². The molecule has 0 aliphatic carbocycles. The molecule has 0 aliphatic rings.